The molecular weight excluding hydrogens is 263 g/mol. The molecule has 5 nitrogen and oxygen atoms in total. The van der Waals surface area contributed by atoms with Crippen LogP contribution in [-0.4, -0.2) is 65.6 Å². The zero-order valence-corrected chi connectivity index (χ0v) is 12.5. The van der Waals surface area contributed by atoms with Crippen LogP contribution < -0.4 is 5.32 Å². The normalized spacial score (nSPS) is 30.6. The fourth-order valence-electron chi connectivity index (χ4n) is 2.84. The molecule has 2 heterocycles. The van der Waals surface area contributed by atoms with Gasteiger partial charge >= 0.3 is 0 Å². The topological polar surface area (TPSA) is 61.8 Å². The highest BCUT2D eigenvalue weighted by atomic mass is 19.1. The first-order chi connectivity index (χ1) is 9.21. The van der Waals surface area contributed by atoms with E-state index in [2.05, 4.69) is 5.32 Å². The Labute approximate surface area is 119 Å². The second-order valence-corrected chi connectivity index (χ2v) is 6.87. The molecule has 6 heteroatoms. The summed E-state index contributed by atoms with van der Waals surface area (Å²) < 4.78 is 19.2. The minimum atomic E-state index is -1.38. The second kappa shape index (κ2) is 5.58. The number of nitrogens with zero attached hydrogens (tertiary/aromatic N) is 1. The number of carbonyl (C=O) groups excluding carboxylic acids is 1. The average Bonchev–Trinajstić information content (AvgIpc) is 2.68. The van der Waals surface area contributed by atoms with E-state index in [0.717, 1.165) is 0 Å². The molecule has 0 bridgehead atoms. The van der Waals surface area contributed by atoms with Crippen LogP contribution in [0.3, 0.4) is 0 Å². The Morgan fingerprint density at radius 3 is 2.50 bits per heavy atom. The van der Waals surface area contributed by atoms with E-state index in [1.165, 1.54) is 4.90 Å². The minimum Gasteiger partial charge on any atom is -0.381 e. The lowest BCUT2D eigenvalue weighted by Gasteiger charge is -2.34. The third-order valence-electron chi connectivity index (χ3n) is 3.87. The maximum atomic E-state index is 14.1. The van der Waals surface area contributed by atoms with E-state index in [4.69, 9.17) is 4.74 Å². The van der Waals surface area contributed by atoms with Gasteiger partial charge in [0.05, 0.1) is 12.6 Å². The van der Waals surface area contributed by atoms with E-state index in [9.17, 15) is 14.3 Å². The summed E-state index contributed by atoms with van der Waals surface area (Å²) in [4.78, 5) is 13.8. The van der Waals surface area contributed by atoms with Gasteiger partial charge in [-0.05, 0) is 20.8 Å². The number of aliphatic hydroxyl groups is 1. The molecule has 1 amide bonds. The molecule has 0 saturated carbocycles. The van der Waals surface area contributed by atoms with Crippen LogP contribution in [0.15, 0.2) is 0 Å². The highest BCUT2D eigenvalue weighted by Gasteiger charge is 2.45. The molecule has 0 radical (unpaired) electrons. The fraction of sp³-hybridized carbons (Fsp3) is 0.929. The SMILES string of the molecule is CC(C)(C)N[C@@H]1CN(C(=O)C2(O)CCOCC2)C[C@@H]1F. The maximum Gasteiger partial charge on any atom is 0.254 e. The molecule has 0 unspecified atom stereocenters. The molecule has 0 aromatic rings. The summed E-state index contributed by atoms with van der Waals surface area (Å²) in [5.41, 5.74) is -1.59. The molecule has 2 aliphatic heterocycles. The van der Waals surface area contributed by atoms with E-state index in [0.29, 0.717) is 19.8 Å². The Morgan fingerprint density at radius 1 is 1.35 bits per heavy atom. The van der Waals surface area contributed by atoms with E-state index >= 15 is 0 Å². The van der Waals surface area contributed by atoms with Crippen molar-refractivity contribution in [2.75, 3.05) is 26.3 Å². The fourth-order valence-corrected chi connectivity index (χ4v) is 2.84. The summed E-state index contributed by atoms with van der Waals surface area (Å²) in [5, 5.41) is 13.6. The van der Waals surface area contributed by atoms with Crippen molar-refractivity contribution in [1.82, 2.24) is 10.2 Å². The Morgan fingerprint density at radius 2 is 1.95 bits per heavy atom. The Kier molecular flexibility index (Phi) is 4.37. The van der Waals surface area contributed by atoms with Crippen molar-refractivity contribution in [3.63, 3.8) is 0 Å². The van der Waals surface area contributed by atoms with Crippen molar-refractivity contribution in [3.8, 4) is 0 Å². The number of likely N-dealkylation sites (tertiary alicyclic amines) is 1. The molecule has 2 aliphatic rings. The Balaban J connectivity index is 1.98. The predicted octanol–water partition coefficient (Wildman–Crippen LogP) is 0.465. The van der Waals surface area contributed by atoms with Gasteiger partial charge in [-0.2, -0.15) is 0 Å². The van der Waals surface area contributed by atoms with E-state index in [-0.39, 0.29) is 36.9 Å². The number of rotatable bonds is 2. The van der Waals surface area contributed by atoms with E-state index in [1.807, 2.05) is 20.8 Å². The number of hydrogen-bond donors (Lipinski definition) is 2. The van der Waals surface area contributed by atoms with Crippen LogP contribution in [0.5, 0.6) is 0 Å². The Hall–Kier alpha value is -0.720. The molecule has 2 atom stereocenters. The second-order valence-electron chi connectivity index (χ2n) is 6.87. The summed E-state index contributed by atoms with van der Waals surface area (Å²) in [6.45, 7) is 7.01. The molecule has 116 valence electrons. The lowest BCUT2D eigenvalue weighted by molar-refractivity contribution is -0.159. The number of carbonyl (C=O) groups is 1. The van der Waals surface area contributed by atoms with E-state index < -0.39 is 11.8 Å². The standard InChI is InChI=1S/C14H25FN2O3/c1-13(2,3)16-11-9-17(8-10(11)15)12(18)14(19)4-6-20-7-5-14/h10-11,16,19H,4-9H2,1-3H3/t10-,11+/m0/s1. The molecular formula is C14H25FN2O3. The lowest BCUT2D eigenvalue weighted by Crippen LogP contribution is -2.52. The number of ether oxygens (including phenoxy) is 1. The van der Waals surface area contributed by atoms with Crippen LogP contribution in [0.1, 0.15) is 33.6 Å². The van der Waals surface area contributed by atoms with Gasteiger partial charge in [0.15, 0.2) is 0 Å². The molecule has 2 rings (SSSR count). The van der Waals surface area contributed by atoms with Crippen LogP contribution in [-0.2, 0) is 9.53 Å². The van der Waals surface area contributed by atoms with Crippen LogP contribution in [0.2, 0.25) is 0 Å². The number of alkyl halides is 1. The number of halogens is 1. The third kappa shape index (κ3) is 3.48. The molecule has 2 saturated heterocycles. The van der Waals surface area contributed by atoms with Crippen LogP contribution >= 0.6 is 0 Å². The summed E-state index contributed by atoms with van der Waals surface area (Å²) in [7, 11) is 0. The van der Waals surface area contributed by atoms with Crippen molar-refractivity contribution in [1.29, 1.82) is 0 Å². The molecule has 2 N–H and O–H groups in total. The summed E-state index contributed by atoms with van der Waals surface area (Å²) >= 11 is 0. The molecule has 0 aromatic heterocycles. The van der Waals surface area contributed by atoms with Crippen molar-refractivity contribution >= 4 is 5.91 Å². The largest absolute Gasteiger partial charge is 0.381 e. The lowest BCUT2D eigenvalue weighted by atomic mass is 9.93. The monoisotopic (exact) mass is 288 g/mol. The zero-order valence-electron chi connectivity index (χ0n) is 12.5. The number of hydrogen-bond acceptors (Lipinski definition) is 4. The molecule has 0 aromatic carbocycles. The summed E-state index contributed by atoms with van der Waals surface area (Å²) in [5.74, 6) is -0.360. The third-order valence-corrected chi connectivity index (χ3v) is 3.87. The summed E-state index contributed by atoms with van der Waals surface area (Å²) in [6.07, 6.45) is -0.519. The number of amides is 1. The quantitative estimate of drug-likeness (QED) is 0.775. The van der Waals surface area contributed by atoms with Crippen molar-refractivity contribution in [2.24, 2.45) is 0 Å². The van der Waals surface area contributed by atoms with Gasteiger partial charge in [-0.1, -0.05) is 0 Å². The molecule has 2 fully saturated rings. The Bertz CT molecular complexity index is 364. The van der Waals surface area contributed by atoms with Gasteiger partial charge < -0.3 is 20.1 Å². The van der Waals surface area contributed by atoms with Gasteiger partial charge in [0.25, 0.3) is 5.91 Å². The van der Waals surface area contributed by atoms with Crippen LogP contribution in [0.4, 0.5) is 4.39 Å². The van der Waals surface area contributed by atoms with Crippen molar-refractivity contribution in [3.05, 3.63) is 0 Å². The first kappa shape index (κ1) is 15.7. The van der Waals surface area contributed by atoms with Gasteiger partial charge in [0.2, 0.25) is 0 Å². The zero-order chi connectivity index (χ0) is 15.0. The molecule has 0 aliphatic carbocycles. The minimum absolute atomic E-state index is 0.0513. The van der Waals surface area contributed by atoms with E-state index in [1.54, 1.807) is 0 Å². The number of nitrogens with one attached hydrogen (secondary N) is 1. The smallest absolute Gasteiger partial charge is 0.254 e. The van der Waals surface area contributed by atoms with Crippen molar-refractivity contribution in [2.45, 2.75) is 57.0 Å². The predicted molar refractivity (Wildman–Crippen MR) is 73.2 cm³/mol. The van der Waals surface area contributed by atoms with Gasteiger partial charge in [-0.15, -0.1) is 0 Å². The summed E-state index contributed by atoms with van der Waals surface area (Å²) in [6, 6.07) is -0.373. The maximum absolute atomic E-state index is 14.1. The van der Waals surface area contributed by atoms with Crippen LogP contribution in [0.25, 0.3) is 0 Å². The van der Waals surface area contributed by atoms with Crippen molar-refractivity contribution < 1.29 is 19.0 Å². The van der Waals surface area contributed by atoms with Gasteiger partial charge in [-0.3, -0.25) is 4.79 Å². The molecule has 20 heavy (non-hydrogen) atoms. The first-order valence-electron chi connectivity index (χ1n) is 7.22. The molecule has 0 spiro atoms. The average molecular weight is 288 g/mol. The van der Waals surface area contributed by atoms with Gasteiger partial charge in [0.1, 0.15) is 11.8 Å². The van der Waals surface area contributed by atoms with Crippen LogP contribution in [0, 0.1) is 0 Å². The first-order valence-corrected chi connectivity index (χ1v) is 7.22. The highest BCUT2D eigenvalue weighted by molar-refractivity contribution is 5.85. The van der Waals surface area contributed by atoms with Gasteiger partial charge in [0, 0.05) is 38.1 Å². The van der Waals surface area contributed by atoms with Gasteiger partial charge in [-0.25, -0.2) is 4.39 Å². The highest BCUT2D eigenvalue weighted by Crippen LogP contribution is 2.26.